The summed E-state index contributed by atoms with van der Waals surface area (Å²) in [5.74, 6) is -0.355. The summed E-state index contributed by atoms with van der Waals surface area (Å²) >= 11 is 5.82. The van der Waals surface area contributed by atoms with Gasteiger partial charge >= 0.3 is 6.61 Å². The van der Waals surface area contributed by atoms with Crippen LogP contribution in [0.4, 0.5) is 20.2 Å². The average Bonchev–Trinajstić information content (AvgIpc) is 2.48. The van der Waals surface area contributed by atoms with Crippen LogP contribution in [0.25, 0.3) is 0 Å². The van der Waals surface area contributed by atoms with Gasteiger partial charge in [0.15, 0.2) is 0 Å². The fourth-order valence-electron chi connectivity index (χ4n) is 1.71. The van der Waals surface area contributed by atoms with Crippen molar-refractivity contribution in [1.29, 1.82) is 0 Å². The molecular weight excluding hydrogens is 314 g/mol. The summed E-state index contributed by atoms with van der Waals surface area (Å²) in [6.07, 6.45) is 0. The van der Waals surface area contributed by atoms with Gasteiger partial charge in [-0.05, 0) is 30.3 Å². The molecule has 0 spiro atoms. The third-order valence-corrected chi connectivity index (χ3v) is 2.95. The molecule has 0 radical (unpaired) electrons. The number of carbonyl (C=O) groups is 1. The van der Waals surface area contributed by atoms with E-state index < -0.39 is 6.61 Å². The number of nitrogens with one attached hydrogen (secondary N) is 2. The van der Waals surface area contributed by atoms with Gasteiger partial charge in [0.1, 0.15) is 5.75 Å². The van der Waals surface area contributed by atoms with Crippen molar-refractivity contribution < 1.29 is 18.3 Å². The molecule has 0 bridgehead atoms. The molecular formula is C15H13ClF2N2O2. The molecule has 4 nitrogen and oxygen atoms in total. The molecule has 22 heavy (non-hydrogen) atoms. The maximum atomic E-state index is 12.1. The number of hydrogen-bond acceptors (Lipinski definition) is 3. The van der Waals surface area contributed by atoms with Gasteiger partial charge in [-0.25, -0.2) is 0 Å². The Morgan fingerprint density at radius 1 is 1.14 bits per heavy atom. The van der Waals surface area contributed by atoms with Crippen LogP contribution in [0, 0.1) is 0 Å². The van der Waals surface area contributed by atoms with Crippen molar-refractivity contribution in [3.05, 3.63) is 53.6 Å². The lowest BCUT2D eigenvalue weighted by Crippen LogP contribution is -2.21. The summed E-state index contributed by atoms with van der Waals surface area (Å²) in [6.45, 7) is -2.92. The third kappa shape index (κ3) is 4.89. The standard InChI is InChI=1S/C15H13ClF2N2O2/c16-12-8-11(6-7-13(12)22-15(17)18)19-9-14(21)20-10-4-2-1-3-5-10/h1-8,15,19H,9H2,(H,20,21). The predicted octanol–water partition coefficient (Wildman–Crippen LogP) is 3.99. The maximum Gasteiger partial charge on any atom is 0.387 e. The van der Waals surface area contributed by atoms with Gasteiger partial charge in [-0.3, -0.25) is 4.79 Å². The Bertz CT molecular complexity index is 639. The van der Waals surface area contributed by atoms with E-state index >= 15 is 0 Å². The SMILES string of the molecule is O=C(CNc1ccc(OC(F)F)c(Cl)c1)Nc1ccccc1. The smallest absolute Gasteiger partial charge is 0.387 e. The molecule has 0 aliphatic carbocycles. The van der Waals surface area contributed by atoms with Crippen molar-refractivity contribution in [2.45, 2.75) is 6.61 Å². The van der Waals surface area contributed by atoms with Gasteiger partial charge < -0.3 is 15.4 Å². The molecule has 7 heteroatoms. The highest BCUT2D eigenvalue weighted by molar-refractivity contribution is 6.32. The van der Waals surface area contributed by atoms with Crippen molar-refractivity contribution in [3.8, 4) is 5.75 Å². The highest BCUT2D eigenvalue weighted by atomic mass is 35.5. The van der Waals surface area contributed by atoms with Crippen molar-refractivity contribution in [3.63, 3.8) is 0 Å². The highest BCUT2D eigenvalue weighted by Crippen LogP contribution is 2.28. The minimum Gasteiger partial charge on any atom is -0.433 e. The molecule has 0 fully saturated rings. The van der Waals surface area contributed by atoms with Gasteiger partial charge in [0.05, 0.1) is 11.6 Å². The summed E-state index contributed by atoms with van der Waals surface area (Å²) in [6, 6.07) is 13.2. The minimum atomic E-state index is -2.94. The number of ether oxygens (including phenoxy) is 1. The van der Waals surface area contributed by atoms with Gasteiger partial charge in [-0.15, -0.1) is 0 Å². The van der Waals surface area contributed by atoms with Gasteiger partial charge in [-0.2, -0.15) is 8.78 Å². The fourth-order valence-corrected chi connectivity index (χ4v) is 1.94. The number of para-hydroxylation sites is 1. The number of anilines is 2. The second kappa shape index (κ2) is 7.61. The molecule has 0 saturated carbocycles. The van der Waals surface area contributed by atoms with E-state index in [1.807, 2.05) is 18.2 Å². The Balaban J connectivity index is 1.89. The number of halogens is 3. The molecule has 1 amide bonds. The van der Waals surface area contributed by atoms with E-state index in [1.165, 1.54) is 18.2 Å². The Morgan fingerprint density at radius 3 is 2.50 bits per heavy atom. The molecule has 0 unspecified atom stereocenters. The molecule has 0 saturated heterocycles. The van der Waals surface area contributed by atoms with E-state index in [2.05, 4.69) is 15.4 Å². The van der Waals surface area contributed by atoms with Crippen molar-refractivity contribution in [2.75, 3.05) is 17.2 Å². The molecule has 0 heterocycles. The lowest BCUT2D eigenvalue weighted by molar-refractivity contribution is -0.114. The van der Waals surface area contributed by atoms with Crippen LogP contribution in [-0.4, -0.2) is 19.1 Å². The molecule has 2 aromatic rings. The van der Waals surface area contributed by atoms with E-state index in [9.17, 15) is 13.6 Å². The maximum absolute atomic E-state index is 12.1. The third-order valence-electron chi connectivity index (χ3n) is 2.66. The minimum absolute atomic E-state index is 0.0142. The summed E-state index contributed by atoms with van der Waals surface area (Å²) in [5, 5.41) is 5.59. The quantitative estimate of drug-likeness (QED) is 0.844. The van der Waals surface area contributed by atoms with E-state index in [0.29, 0.717) is 11.4 Å². The van der Waals surface area contributed by atoms with Crippen LogP contribution in [0.2, 0.25) is 5.02 Å². The molecule has 116 valence electrons. The lowest BCUT2D eigenvalue weighted by Gasteiger charge is -2.10. The van der Waals surface area contributed by atoms with Crippen LogP contribution < -0.4 is 15.4 Å². The van der Waals surface area contributed by atoms with Crippen LogP contribution in [0.1, 0.15) is 0 Å². The number of hydrogen-bond donors (Lipinski definition) is 2. The molecule has 2 rings (SSSR count). The summed E-state index contributed by atoms with van der Waals surface area (Å²) in [5.41, 5.74) is 1.21. The zero-order chi connectivity index (χ0) is 15.9. The van der Waals surface area contributed by atoms with E-state index in [0.717, 1.165) is 0 Å². The normalized spacial score (nSPS) is 10.4. The molecule has 0 aliphatic rings. The Hall–Kier alpha value is -2.34. The Kier molecular flexibility index (Phi) is 5.55. The molecule has 0 atom stereocenters. The van der Waals surface area contributed by atoms with Crippen LogP contribution in [0.15, 0.2) is 48.5 Å². The van der Waals surface area contributed by atoms with E-state index in [4.69, 9.17) is 11.6 Å². The van der Waals surface area contributed by atoms with Crippen LogP contribution in [0.3, 0.4) is 0 Å². The van der Waals surface area contributed by atoms with E-state index in [1.54, 1.807) is 12.1 Å². The summed E-state index contributed by atoms with van der Waals surface area (Å²) in [4.78, 5) is 11.8. The number of alkyl halides is 2. The highest BCUT2D eigenvalue weighted by Gasteiger charge is 2.09. The molecule has 2 N–H and O–H groups in total. The number of amides is 1. The first-order valence-electron chi connectivity index (χ1n) is 6.38. The second-order valence-electron chi connectivity index (χ2n) is 4.29. The first-order valence-corrected chi connectivity index (χ1v) is 6.75. The van der Waals surface area contributed by atoms with Gasteiger partial charge in [0.25, 0.3) is 0 Å². The zero-order valence-electron chi connectivity index (χ0n) is 11.4. The van der Waals surface area contributed by atoms with Crippen molar-refractivity contribution in [2.24, 2.45) is 0 Å². The molecule has 0 aliphatic heterocycles. The van der Waals surface area contributed by atoms with Gasteiger partial charge in [-0.1, -0.05) is 29.8 Å². The van der Waals surface area contributed by atoms with Crippen LogP contribution >= 0.6 is 11.6 Å². The molecule has 2 aromatic carbocycles. The van der Waals surface area contributed by atoms with Crippen LogP contribution in [-0.2, 0) is 4.79 Å². The first kappa shape index (κ1) is 16.0. The van der Waals surface area contributed by atoms with E-state index in [-0.39, 0.29) is 23.2 Å². The summed E-state index contributed by atoms with van der Waals surface area (Å²) < 4.78 is 28.5. The number of benzene rings is 2. The van der Waals surface area contributed by atoms with Gasteiger partial charge in [0.2, 0.25) is 5.91 Å². The Labute approximate surface area is 131 Å². The lowest BCUT2D eigenvalue weighted by atomic mass is 10.3. The topological polar surface area (TPSA) is 50.4 Å². The Morgan fingerprint density at radius 2 is 1.86 bits per heavy atom. The summed E-state index contributed by atoms with van der Waals surface area (Å²) in [7, 11) is 0. The number of rotatable bonds is 6. The second-order valence-corrected chi connectivity index (χ2v) is 4.70. The van der Waals surface area contributed by atoms with Crippen molar-refractivity contribution in [1.82, 2.24) is 0 Å². The first-order chi connectivity index (χ1) is 10.5. The molecule has 0 aromatic heterocycles. The van der Waals surface area contributed by atoms with Gasteiger partial charge in [0, 0.05) is 11.4 Å². The average molecular weight is 327 g/mol. The zero-order valence-corrected chi connectivity index (χ0v) is 12.1. The predicted molar refractivity (Wildman–Crippen MR) is 81.6 cm³/mol. The number of carbonyl (C=O) groups excluding carboxylic acids is 1. The van der Waals surface area contributed by atoms with Crippen molar-refractivity contribution >= 4 is 28.9 Å². The largest absolute Gasteiger partial charge is 0.433 e. The van der Waals surface area contributed by atoms with Crippen LogP contribution in [0.5, 0.6) is 5.75 Å². The fraction of sp³-hybridized carbons (Fsp3) is 0.133. The monoisotopic (exact) mass is 326 g/mol.